The van der Waals surface area contributed by atoms with Crippen LogP contribution < -0.4 is 15.8 Å². The summed E-state index contributed by atoms with van der Waals surface area (Å²) in [4.78, 5) is 11.7. The maximum atomic E-state index is 11.7. The lowest BCUT2D eigenvalue weighted by atomic mass is 10.1. The highest BCUT2D eigenvalue weighted by molar-refractivity contribution is 9.10. The van der Waals surface area contributed by atoms with Crippen molar-refractivity contribution in [1.82, 2.24) is 5.32 Å². The Hall–Kier alpha value is -1.51. The molecule has 102 valence electrons. The zero-order chi connectivity index (χ0) is 14.4. The van der Waals surface area contributed by atoms with Gasteiger partial charge in [-0.15, -0.1) is 6.42 Å². The quantitative estimate of drug-likeness (QED) is 0.811. The van der Waals surface area contributed by atoms with Gasteiger partial charge in [0.15, 0.2) is 6.10 Å². The summed E-state index contributed by atoms with van der Waals surface area (Å²) in [6.07, 6.45) is 4.46. The molecule has 1 aromatic carbocycles. The van der Waals surface area contributed by atoms with E-state index < -0.39 is 6.10 Å². The molecule has 1 rings (SSSR count). The van der Waals surface area contributed by atoms with Crippen molar-refractivity contribution in [3.8, 4) is 18.1 Å². The monoisotopic (exact) mass is 324 g/mol. The number of amides is 1. The summed E-state index contributed by atoms with van der Waals surface area (Å²) in [5.74, 6) is 2.75. The number of terminal acetylenes is 1. The molecule has 0 radical (unpaired) electrons. The van der Waals surface area contributed by atoms with E-state index in [1.165, 1.54) is 0 Å². The number of halogens is 1. The first-order chi connectivity index (χ1) is 8.99. The minimum Gasteiger partial charge on any atom is -0.480 e. The standard InChI is InChI=1S/C14H17BrN2O2/c1-4-5-17-14(18)10(3)19-13-9(2)6-12(15)7-11(13)8-16/h1,6-7,10H,5,8,16H2,2-3H3,(H,17,18). The molecule has 1 atom stereocenters. The number of carbonyl (C=O) groups is 1. The lowest BCUT2D eigenvalue weighted by Crippen LogP contribution is -2.36. The van der Waals surface area contributed by atoms with Crippen LogP contribution in [0.5, 0.6) is 5.75 Å². The number of carbonyl (C=O) groups excluding carboxylic acids is 1. The molecule has 19 heavy (non-hydrogen) atoms. The van der Waals surface area contributed by atoms with Crippen LogP contribution in [0.3, 0.4) is 0 Å². The van der Waals surface area contributed by atoms with Gasteiger partial charge in [-0.3, -0.25) is 4.79 Å². The van der Waals surface area contributed by atoms with Gasteiger partial charge in [-0.05, 0) is 31.5 Å². The summed E-state index contributed by atoms with van der Waals surface area (Å²) in [6, 6.07) is 3.80. The third kappa shape index (κ3) is 4.27. The highest BCUT2D eigenvalue weighted by Crippen LogP contribution is 2.28. The molecule has 0 fully saturated rings. The number of nitrogens with two attached hydrogens (primary N) is 1. The molecule has 1 amide bonds. The molecule has 0 aliphatic carbocycles. The number of rotatable bonds is 5. The van der Waals surface area contributed by atoms with Gasteiger partial charge in [-0.25, -0.2) is 0 Å². The summed E-state index contributed by atoms with van der Waals surface area (Å²) in [5, 5.41) is 2.58. The second kappa shape index (κ2) is 7.17. The van der Waals surface area contributed by atoms with Crippen molar-refractivity contribution in [1.29, 1.82) is 0 Å². The van der Waals surface area contributed by atoms with E-state index in [1.807, 2.05) is 19.1 Å². The maximum absolute atomic E-state index is 11.7. The molecule has 0 aliphatic heterocycles. The van der Waals surface area contributed by atoms with Gasteiger partial charge < -0.3 is 15.8 Å². The fourth-order valence-electron chi connectivity index (χ4n) is 1.63. The fourth-order valence-corrected chi connectivity index (χ4v) is 2.25. The Morgan fingerprint density at radius 3 is 2.89 bits per heavy atom. The van der Waals surface area contributed by atoms with E-state index >= 15 is 0 Å². The summed E-state index contributed by atoms with van der Waals surface area (Å²) in [6.45, 7) is 4.11. The van der Waals surface area contributed by atoms with Crippen LogP contribution in [0.1, 0.15) is 18.1 Å². The topological polar surface area (TPSA) is 64.3 Å². The van der Waals surface area contributed by atoms with Crippen molar-refractivity contribution >= 4 is 21.8 Å². The second-order valence-corrected chi connectivity index (χ2v) is 5.01. The number of ether oxygens (including phenoxy) is 1. The number of aryl methyl sites for hydroxylation is 1. The zero-order valence-electron chi connectivity index (χ0n) is 11.0. The molecule has 0 aromatic heterocycles. The molecule has 0 bridgehead atoms. The Balaban J connectivity index is 2.87. The Morgan fingerprint density at radius 2 is 2.32 bits per heavy atom. The maximum Gasteiger partial charge on any atom is 0.261 e. The summed E-state index contributed by atoms with van der Waals surface area (Å²) >= 11 is 3.40. The highest BCUT2D eigenvalue weighted by atomic mass is 79.9. The van der Waals surface area contributed by atoms with E-state index in [0.29, 0.717) is 12.3 Å². The van der Waals surface area contributed by atoms with Crippen LogP contribution in [0, 0.1) is 19.3 Å². The average molecular weight is 325 g/mol. The summed E-state index contributed by atoms with van der Waals surface area (Å²) in [5.41, 5.74) is 7.47. The van der Waals surface area contributed by atoms with E-state index in [4.69, 9.17) is 16.9 Å². The number of hydrogen-bond donors (Lipinski definition) is 2. The second-order valence-electron chi connectivity index (χ2n) is 4.10. The third-order valence-electron chi connectivity index (χ3n) is 2.56. The van der Waals surface area contributed by atoms with Gasteiger partial charge in [0.05, 0.1) is 6.54 Å². The van der Waals surface area contributed by atoms with Gasteiger partial charge >= 0.3 is 0 Å². The number of benzene rings is 1. The summed E-state index contributed by atoms with van der Waals surface area (Å²) in [7, 11) is 0. The lowest BCUT2D eigenvalue weighted by Gasteiger charge is -2.18. The normalized spacial score (nSPS) is 11.5. The van der Waals surface area contributed by atoms with E-state index in [2.05, 4.69) is 27.2 Å². The predicted molar refractivity (Wildman–Crippen MR) is 78.7 cm³/mol. The van der Waals surface area contributed by atoms with E-state index in [9.17, 15) is 4.79 Å². The minimum absolute atomic E-state index is 0.190. The molecule has 0 heterocycles. The van der Waals surface area contributed by atoms with Crippen LogP contribution >= 0.6 is 15.9 Å². The van der Waals surface area contributed by atoms with Crippen LogP contribution in [-0.4, -0.2) is 18.6 Å². The zero-order valence-corrected chi connectivity index (χ0v) is 12.6. The Morgan fingerprint density at radius 1 is 1.63 bits per heavy atom. The molecule has 3 N–H and O–H groups in total. The minimum atomic E-state index is -0.626. The Labute approximate surface area is 121 Å². The van der Waals surface area contributed by atoms with Crippen LogP contribution in [0.15, 0.2) is 16.6 Å². The molecule has 4 nitrogen and oxygen atoms in total. The Bertz CT molecular complexity index is 509. The van der Waals surface area contributed by atoms with Gasteiger partial charge in [0.1, 0.15) is 5.75 Å². The van der Waals surface area contributed by atoms with Gasteiger partial charge in [0.2, 0.25) is 0 Å². The summed E-state index contributed by atoms with van der Waals surface area (Å²) < 4.78 is 6.63. The Kier molecular flexibility index (Phi) is 5.87. The third-order valence-corrected chi connectivity index (χ3v) is 3.02. The van der Waals surface area contributed by atoms with Crippen LogP contribution in [0.25, 0.3) is 0 Å². The van der Waals surface area contributed by atoms with Crippen LogP contribution in [-0.2, 0) is 11.3 Å². The first-order valence-corrected chi connectivity index (χ1v) is 6.65. The van der Waals surface area contributed by atoms with Gasteiger partial charge in [-0.2, -0.15) is 0 Å². The van der Waals surface area contributed by atoms with Crippen molar-refractivity contribution in [3.63, 3.8) is 0 Å². The SMILES string of the molecule is C#CCNC(=O)C(C)Oc1c(C)cc(Br)cc1CN. The molecule has 0 saturated carbocycles. The van der Waals surface area contributed by atoms with Crippen LogP contribution in [0.2, 0.25) is 0 Å². The number of nitrogens with one attached hydrogen (secondary N) is 1. The molecule has 1 unspecified atom stereocenters. The van der Waals surface area contributed by atoms with Gasteiger partial charge in [0, 0.05) is 16.6 Å². The molecule has 0 aliphatic rings. The average Bonchev–Trinajstić information content (AvgIpc) is 2.38. The lowest BCUT2D eigenvalue weighted by molar-refractivity contribution is -0.127. The molecular weight excluding hydrogens is 308 g/mol. The van der Waals surface area contributed by atoms with E-state index in [0.717, 1.165) is 15.6 Å². The first kappa shape index (κ1) is 15.5. The van der Waals surface area contributed by atoms with Gasteiger partial charge in [-0.1, -0.05) is 21.9 Å². The van der Waals surface area contributed by atoms with Crippen molar-refractivity contribution in [2.45, 2.75) is 26.5 Å². The van der Waals surface area contributed by atoms with Crippen molar-refractivity contribution in [2.24, 2.45) is 5.73 Å². The van der Waals surface area contributed by atoms with Crippen LogP contribution in [0.4, 0.5) is 0 Å². The smallest absolute Gasteiger partial charge is 0.261 e. The van der Waals surface area contributed by atoms with Gasteiger partial charge in [0.25, 0.3) is 5.91 Å². The van der Waals surface area contributed by atoms with Crippen molar-refractivity contribution in [2.75, 3.05) is 6.54 Å². The number of hydrogen-bond acceptors (Lipinski definition) is 3. The fraction of sp³-hybridized carbons (Fsp3) is 0.357. The van der Waals surface area contributed by atoms with E-state index in [-0.39, 0.29) is 12.5 Å². The molecule has 0 saturated heterocycles. The first-order valence-electron chi connectivity index (χ1n) is 5.86. The predicted octanol–water partition coefficient (Wildman–Crippen LogP) is 1.73. The van der Waals surface area contributed by atoms with Crippen molar-refractivity contribution < 1.29 is 9.53 Å². The largest absolute Gasteiger partial charge is 0.480 e. The molecule has 5 heteroatoms. The molecule has 0 spiro atoms. The molecular formula is C14H17BrN2O2. The van der Waals surface area contributed by atoms with Crippen molar-refractivity contribution in [3.05, 3.63) is 27.7 Å². The highest BCUT2D eigenvalue weighted by Gasteiger charge is 2.17. The van der Waals surface area contributed by atoms with E-state index in [1.54, 1.807) is 6.92 Å². The molecule has 1 aromatic rings.